The highest BCUT2D eigenvalue weighted by Crippen LogP contribution is 2.50. The number of aromatic nitrogens is 5. The molecular weight excluding hydrogens is 284 g/mol. The third kappa shape index (κ3) is 2.24. The molecule has 2 fully saturated rings. The van der Waals surface area contributed by atoms with Crippen molar-refractivity contribution in [2.45, 2.75) is 25.3 Å². The van der Waals surface area contributed by atoms with Gasteiger partial charge in [-0.15, -0.1) is 0 Å². The predicted molar refractivity (Wildman–Crippen MR) is 78.7 cm³/mol. The van der Waals surface area contributed by atoms with Crippen molar-refractivity contribution in [2.75, 3.05) is 18.6 Å². The standard InChI is InChI=1S/C14H18N6O2/c1-22-11-6-10(15-7-16-11)20-5-4-9(8-2-3-8)12(20)13-17-14(21)19-18-13/h6-9,12H,2-5H2,1H3,(H2,17,18,19,21). The van der Waals surface area contributed by atoms with Gasteiger partial charge in [0.2, 0.25) is 5.88 Å². The van der Waals surface area contributed by atoms with Gasteiger partial charge in [-0.3, -0.25) is 4.98 Å². The largest absolute Gasteiger partial charge is 0.481 e. The second kappa shape index (κ2) is 5.11. The van der Waals surface area contributed by atoms with Crippen molar-refractivity contribution in [3.8, 4) is 5.88 Å². The lowest BCUT2D eigenvalue weighted by molar-refractivity contribution is 0.395. The van der Waals surface area contributed by atoms with E-state index < -0.39 is 0 Å². The number of aromatic amines is 2. The lowest BCUT2D eigenvalue weighted by Gasteiger charge is -2.27. The maximum absolute atomic E-state index is 11.4. The molecule has 8 heteroatoms. The smallest absolute Gasteiger partial charge is 0.340 e. The minimum absolute atomic E-state index is 0.0473. The summed E-state index contributed by atoms with van der Waals surface area (Å²) in [5.41, 5.74) is -0.267. The minimum Gasteiger partial charge on any atom is -0.481 e. The average Bonchev–Trinajstić information content (AvgIpc) is 3.15. The fourth-order valence-corrected chi connectivity index (χ4v) is 3.46. The summed E-state index contributed by atoms with van der Waals surface area (Å²) in [7, 11) is 1.59. The average molecular weight is 302 g/mol. The maximum Gasteiger partial charge on any atom is 0.340 e. The quantitative estimate of drug-likeness (QED) is 0.869. The SMILES string of the molecule is COc1cc(N2CCC(C3CC3)C2c2n[nH]c(=O)[nH]2)ncn1. The van der Waals surface area contributed by atoms with Crippen LogP contribution in [0.5, 0.6) is 5.88 Å². The van der Waals surface area contributed by atoms with Gasteiger partial charge in [0, 0.05) is 12.6 Å². The summed E-state index contributed by atoms with van der Waals surface area (Å²) in [4.78, 5) is 24.9. The molecule has 1 aliphatic heterocycles. The number of methoxy groups -OCH3 is 1. The summed E-state index contributed by atoms with van der Waals surface area (Å²) in [6, 6.07) is 1.87. The molecule has 0 amide bonds. The highest BCUT2D eigenvalue weighted by atomic mass is 16.5. The van der Waals surface area contributed by atoms with Crippen LogP contribution in [0.3, 0.4) is 0 Å². The van der Waals surface area contributed by atoms with E-state index in [0.29, 0.717) is 17.6 Å². The van der Waals surface area contributed by atoms with E-state index in [1.807, 2.05) is 6.07 Å². The molecule has 22 heavy (non-hydrogen) atoms. The number of anilines is 1. The summed E-state index contributed by atoms with van der Waals surface area (Å²) in [5.74, 6) is 3.26. The molecule has 0 spiro atoms. The van der Waals surface area contributed by atoms with Gasteiger partial charge in [0.1, 0.15) is 12.1 Å². The van der Waals surface area contributed by atoms with Crippen LogP contribution in [0.4, 0.5) is 5.82 Å². The summed E-state index contributed by atoms with van der Waals surface area (Å²) in [6.45, 7) is 0.890. The molecule has 1 aliphatic carbocycles. The molecule has 2 aromatic heterocycles. The third-order valence-corrected chi connectivity index (χ3v) is 4.60. The van der Waals surface area contributed by atoms with Gasteiger partial charge in [-0.25, -0.2) is 19.9 Å². The maximum atomic E-state index is 11.4. The van der Waals surface area contributed by atoms with Gasteiger partial charge in [0.05, 0.1) is 13.2 Å². The van der Waals surface area contributed by atoms with E-state index in [-0.39, 0.29) is 11.7 Å². The Labute approximate surface area is 126 Å². The van der Waals surface area contributed by atoms with Gasteiger partial charge in [0.25, 0.3) is 0 Å². The van der Waals surface area contributed by atoms with Crippen molar-refractivity contribution in [3.05, 3.63) is 28.7 Å². The van der Waals surface area contributed by atoms with Crippen molar-refractivity contribution in [1.82, 2.24) is 25.1 Å². The van der Waals surface area contributed by atoms with Crippen molar-refractivity contribution < 1.29 is 4.74 Å². The van der Waals surface area contributed by atoms with Gasteiger partial charge in [-0.1, -0.05) is 0 Å². The normalized spacial score (nSPS) is 24.7. The Morgan fingerprint density at radius 2 is 2.18 bits per heavy atom. The summed E-state index contributed by atoms with van der Waals surface area (Å²) in [6.07, 6.45) is 5.10. The number of hydrogen-bond acceptors (Lipinski definition) is 6. The monoisotopic (exact) mass is 302 g/mol. The molecule has 1 saturated heterocycles. The molecule has 8 nitrogen and oxygen atoms in total. The summed E-state index contributed by atoms with van der Waals surface area (Å²) < 4.78 is 5.19. The van der Waals surface area contributed by atoms with Gasteiger partial charge in [-0.2, -0.15) is 5.10 Å². The highest BCUT2D eigenvalue weighted by Gasteiger charge is 2.45. The van der Waals surface area contributed by atoms with E-state index in [1.165, 1.54) is 19.2 Å². The van der Waals surface area contributed by atoms with Crippen LogP contribution in [0, 0.1) is 11.8 Å². The summed E-state index contributed by atoms with van der Waals surface area (Å²) in [5, 5.41) is 6.64. The van der Waals surface area contributed by atoms with Crippen LogP contribution < -0.4 is 15.3 Å². The Balaban J connectivity index is 1.71. The Morgan fingerprint density at radius 3 is 2.86 bits per heavy atom. The van der Waals surface area contributed by atoms with Crippen molar-refractivity contribution in [2.24, 2.45) is 11.8 Å². The molecule has 0 aromatic carbocycles. The molecule has 2 aliphatic rings. The van der Waals surface area contributed by atoms with Gasteiger partial charge < -0.3 is 9.64 Å². The lowest BCUT2D eigenvalue weighted by Crippen LogP contribution is -2.28. The topological polar surface area (TPSA) is 99.8 Å². The first kappa shape index (κ1) is 13.3. The Bertz CT molecular complexity index is 722. The molecule has 1 saturated carbocycles. The minimum atomic E-state index is -0.267. The van der Waals surface area contributed by atoms with Crippen molar-refractivity contribution >= 4 is 5.82 Å². The van der Waals surface area contributed by atoms with Crippen LogP contribution in [-0.2, 0) is 0 Å². The number of nitrogens with one attached hydrogen (secondary N) is 2. The van der Waals surface area contributed by atoms with Crippen molar-refractivity contribution in [3.63, 3.8) is 0 Å². The molecule has 2 aromatic rings. The Kier molecular flexibility index (Phi) is 3.09. The second-order valence-corrected chi connectivity index (χ2v) is 5.91. The van der Waals surface area contributed by atoms with Gasteiger partial charge in [0.15, 0.2) is 5.82 Å². The molecule has 116 valence electrons. The van der Waals surface area contributed by atoms with Gasteiger partial charge in [-0.05, 0) is 31.1 Å². The van der Waals surface area contributed by atoms with Crippen LogP contribution in [0.25, 0.3) is 0 Å². The fraction of sp³-hybridized carbons (Fsp3) is 0.571. The van der Waals surface area contributed by atoms with Crippen LogP contribution in [0.15, 0.2) is 17.2 Å². The highest BCUT2D eigenvalue weighted by molar-refractivity contribution is 5.44. The Hall–Kier alpha value is -2.38. The third-order valence-electron chi connectivity index (χ3n) is 4.60. The predicted octanol–water partition coefficient (Wildman–Crippen LogP) is 0.874. The molecule has 2 unspecified atom stereocenters. The van der Waals surface area contributed by atoms with Gasteiger partial charge >= 0.3 is 5.69 Å². The molecule has 0 radical (unpaired) electrons. The van der Waals surface area contributed by atoms with Crippen LogP contribution in [0.2, 0.25) is 0 Å². The zero-order valence-corrected chi connectivity index (χ0v) is 12.3. The zero-order valence-electron chi connectivity index (χ0n) is 12.3. The number of ether oxygens (including phenoxy) is 1. The number of H-pyrrole nitrogens is 2. The molecule has 2 atom stereocenters. The number of rotatable bonds is 4. The first-order valence-electron chi connectivity index (χ1n) is 7.53. The lowest BCUT2D eigenvalue weighted by atomic mass is 9.94. The number of nitrogens with zero attached hydrogens (tertiary/aromatic N) is 4. The van der Waals surface area contributed by atoms with E-state index in [9.17, 15) is 4.79 Å². The zero-order chi connectivity index (χ0) is 15.1. The van der Waals surface area contributed by atoms with E-state index in [1.54, 1.807) is 7.11 Å². The van der Waals surface area contributed by atoms with Crippen LogP contribution in [-0.4, -0.2) is 38.8 Å². The first-order chi connectivity index (χ1) is 10.8. The van der Waals surface area contributed by atoms with E-state index in [4.69, 9.17) is 4.74 Å². The fourth-order valence-electron chi connectivity index (χ4n) is 3.46. The van der Waals surface area contributed by atoms with E-state index in [2.05, 4.69) is 30.0 Å². The molecule has 2 N–H and O–H groups in total. The second-order valence-electron chi connectivity index (χ2n) is 5.91. The molecule has 4 rings (SSSR count). The van der Waals surface area contributed by atoms with Crippen LogP contribution in [0.1, 0.15) is 31.1 Å². The van der Waals surface area contributed by atoms with Crippen molar-refractivity contribution in [1.29, 1.82) is 0 Å². The molecule has 0 bridgehead atoms. The molecular formula is C14H18N6O2. The molecule has 3 heterocycles. The number of hydrogen-bond donors (Lipinski definition) is 2. The first-order valence-corrected chi connectivity index (χ1v) is 7.53. The Morgan fingerprint density at radius 1 is 1.32 bits per heavy atom. The summed E-state index contributed by atoms with van der Waals surface area (Å²) >= 11 is 0. The van der Waals surface area contributed by atoms with E-state index >= 15 is 0 Å². The van der Waals surface area contributed by atoms with Crippen LogP contribution >= 0.6 is 0 Å². The van der Waals surface area contributed by atoms with E-state index in [0.717, 1.165) is 24.7 Å².